The Labute approximate surface area is 99.0 Å². The Balaban J connectivity index is 2.09. The second-order valence-electron chi connectivity index (χ2n) is 3.30. The van der Waals surface area contributed by atoms with E-state index in [1.54, 1.807) is 10.6 Å². The Hall–Kier alpha value is -1.74. The van der Waals surface area contributed by atoms with Crippen molar-refractivity contribution in [2.45, 2.75) is 6.73 Å². The molecule has 0 saturated heterocycles. The van der Waals surface area contributed by atoms with Crippen molar-refractivity contribution in [2.24, 2.45) is 0 Å². The standard InChI is InChI=1S/C12H11ClN2O/c13-10-5-1-2-6-11(10)16-9-15-8-4-3-7-12(15)14/h1-8,14H,9H2/p+1. The number of pyridine rings is 1. The van der Waals surface area contributed by atoms with Crippen molar-refractivity contribution < 1.29 is 9.30 Å². The van der Waals surface area contributed by atoms with E-state index in [2.05, 4.69) is 0 Å². The van der Waals surface area contributed by atoms with Crippen LogP contribution in [0.25, 0.3) is 0 Å². The second kappa shape index (κ2) is 4.86. The van der Waals surface area contributed by atoms with Gasteiger partial charge in [-0.05, 0) is 18.2 Å². The summed E-state index contributed by atoms with van der Waals surface area (Å²) in [5.41, 5.74) is 5.77. The van der Waals surface area contributed by atoms with Crippen LogP contribution in [0.15, 0.2) is 48.7 Å². The largest absolute Gasteiger partial charge is 0.453 e. The molecule has 0 amide bonds. The van der Waals surface area contributed by atoms with Gasteiger partial charge in [0.2, 0.25) is 6.73 Å². The smallest absolute Gasteiger partial charge is 0.275 e. The van der Waals surface area contributed by atoms with Gasteiger partial charge in [0.25, 0.3) is 5.82 Å². The van der Waals surface area contributed by atoms with Crippen LogP contribution in [-0.4, -0.2) is 0 Å². The minimum atomic E-state index is 0.344. The van der Waals surface area contributed by atoms with E-state index in [-0.39, 0.29) is 0 Å². The molecule has 0 radical (unpaired) electrons. The fourth-order valence-corrected chi connectivity index (χ4v) is 1.50. The molecular formula is C12H12ClN2O+. The monoisotopic (exact) mass is 235 g/mol. The number of nitrogens with two attached hydrogens (primary N) is 1. The quantitative estimate of drug-likeness (QED) is 0.829. The van der Waals surface area contributed by atoms with E-state index in [9.17, 15) is 0 Å². The predicted octanol–water partition coefficient (Wildman–Crippen LogP) is 2.25. The molecule has 2 rings (SSSR count). The average molecular weight is 236 g/mol. The van der Waals surface area contributed by atoms with E-state index in [1.807, 2.05) is 42.6 Å². The van der Waals surface area contributed by atoms with Gasteiger partial charge in [-0.1, -0.05) is 29.8 Å². The minimum Gasteiger partial charge on any atom is -0.453 e. The van der Waals surface area contributed by atoms with E-state index in [0.717, 1.165) is 0 Å². The summed E-state index contributed by atoms with van der Waals surface area (Å²) in [5, 5.41) is 0.595. The number of anilines is 1. The zero-order valence-electron chi connectivity index (χ0n) is 8.64. The van der Waals surface area contributed by atoms with Crippen molar-refractivity contribution in [1.29, 1.82) is 0 Å². The number of halogens is 1. The first-order valence-electron chi connectivity index (χ1n) is 4.88. The lowest BCUT2D eigenvalue weighted by Gasteiger charge is -2.07. The number of ether oxygens (including phenoxy) is 1. The molecule has 82 valence electrons. The predicted molar refractivity (Wildman–Crippen MR) is 63.1 cm³/mol. The van der Waals surface area contributed by atoms with Crippen LogP contribution in [0.4, 0.5) is 5.82 Å². The lowest BCUT2D eigenvalue weighted by molar-refractivity contribution is -0.711. The first-order valence-corrected chi connectivity index (χ1v) is 5.26. The number of aromatic nitrogens is 1. The molecule has 0 unspecified atom stereocenters. The van der Waals surface area contributed by atoms with Crippen molar-refractivity contribution in [3.05, 3.63) is 53.7 Å². The van der Waals surface area contributed by atoms with Crippen molar-refractivity contribution in [3.8, 4) is 5.75 Å². The summed E-state index contributed by atoms with van der Waals surface area (Å²) in [4.78, 5) is 0. The van der Waals surface area contributed by atoms with Gasteiger partial charge in [-0.15, -0.1) is 0 Å². The van der Waals surface area contributed by atoms with Crippen LogP contribution in [0, 0.1) is 0 Å². The van der Waals surface area contributed by atoms with Gasteiger partial charge in [-0.2, -0.15) is 4.57 Å². The zero-order valence-corrected chi connectivity index (χ0v) is 9.39. The van der Waals surface area contributed by atoms with Crippen LogP contribution < -0.4 is 15.0 Å². The average Bonchev–Trinajstić information content (AvgIpc) is 2.30. The van der Waals surface area contributed by atoms with Crippen LogP contribution >= 0.6 is 11.6 Å². The highest BCUT2D eigenvalue weighted by atomic mass is 35.5. The molecule has 0 spiro atoms. The van der Waals surface area contributed by atoms with Gasteiger partial charge >= 0.3 is 0 Å². The Bertz CT molecular complexity index is 442. The maximum Gasteiger partial charge on any atom is 0.275 e. The third kappa shape index (κ3) is 2.44. The summed E-state index contributed by atoms with van der Waals surface area (Å²) in [5.74, 6) is 1.30. The molecule has 0 aliphatic heterocycles. The molecule has 4 heteroatoms. The molecule has 16 heavy (non-hydrogen) atoms. The highest BCUT2D eigenvalue weighted by molar-refractivity contribution is 6.32. The Morgan fingerprint density at radius 2 is 1.88 bits per heavy atom. The molecule has 3 nitrogen and oxygen atoms in total. The van der Waals surface area contributed by atoms with Crippen LogP contribution in [0.2, 0.25) is 5.02 Å². The lowest BCUT2D eigenvalue weighted by atomic mass is 10.3. The molecule has 1 heterocycles. The molecule has 2 N–H and O–H groups in total. The summed E-state index contributed by atoms with van der Waals surface area (Å²) in [6.07, 6.45) is 1.85. The van der Waals surface area contributed by atoms with Crippen LogP contribution in [0.3, 0.4) is 0 Å². The number of nitrogen functional groups attached to an aromatic ring is 1. The highest BCUT2D eigenvalue weighted by Crippen LogP contribution is 2.22. The fourth-order valence-electron chi connectivity index (χ4n) is 1.31. The van der Waals surface area contributed by atoms with E-state index in [4.69, 9.17) is 22.1 Å². The van der Waals surface area contributed by atoms with Gasteiger partial charge in [0, 0.05) is 6.07 Å². The summed E-state index contributed by atoms with van der Waals surface area (Å²) in [6, 6.07) is 12.9. The SMILES string of the molecule is Nc1cccc[n+]1COc1ccccc1Cl. The van der Waals surface area contributed by atoms with Crippen molar-refractivity contribution in [2.75, 3.05) is 5.73 Å². The van der Waals surface area contributed by atoms with Gasteiger partial charge in [-0.25, -0.2) is 0 Å². The van der Waals surface area contributed by atoms with Gasteiger partial charge < -0.3 is 4.74 Å². The van der Waals surface area contributed by atoms with Gasteiger partial charge in [0.1, 0.15) is 5.75 Å². The number of hydrogen-bond acceptors (Lipinski definition) is 2. The van der Waals surface area contributed by atoms with Crippen molar-refractivity contribution in [1.82, 2.24) is 0 Å². The van der Waals surface area contributed by atoms with E-state index >= 15 is 0 Å². The Morgan fingerprint density at radius 3 is 2.62 bits per heavy atom. The summed E-state index contributed by atoms with van der Waals surface area (Å²) in [7, 11) is 0. The minimum absolute atomic E-state index is 0.344. The van der Waals surface area contributed by atoms with Gasteiger partial charge in [0.15, 0.2) is 0 Å². The molecular weight excluding hydrogens is 224 g/mol. The van der Waals surface area contributed by atoms with Crippen molar-refractivity contribution in [3.63, 3.8) is 0 Å². The molecule has 0 atom stereocenters. The highest BCUT2D eigenvalue weighted by Gasteiger charge is 2.04. The van der Waals surface area contributed by atoms with E-state index in [1.165, 1.54) is 0 Å². The topological polar surface area (TPSA) is 39.1 Å². The molecule has 1 aromatic heterocycles. The maximum absolute atomic E-state index is 5.96. The van der Waals surface area contributed by atoms with Crippen LogP contribution in [0.1, 0.15) is 0 Å². The zero-order chi connectivity index (χ0) is 11.4. The van der Waals surface area contributed by atoms with Gasteiger partial charge in [0.05, 0.1) is 11.2 Å². The third-order valence-corrected chi connectivity index (χ3v) is 2.48. The van der Waals surface area contributed by atoms with Crippen LogP contribution in [-0.2, 0) is 6.73 Å². The maximum atomic E-state index is 5.96. The number of nitrogens with zero attached hydrogens (tertiary/aromatic N) is 1. The molecule has 2 aromatic rings. The first kappa shape index (κ1) is 10.8. The van der Waals surface area contributed by atoms with Gasteiger partial charge in [-0.3, -0.25) is 5.73 Å². The molecule has 0 saturated carbocycles. The summed E-state index contributed by atoms with van der Waals surface area (Å²) >= 11 is 5.96. The molecule has 1 aromatic carbocycles. The molecule has 0 fully saturated rings. The number of benzene rings is 1. The van der Waals surface area contributed by atoms with E-state index < -0.39 is 0 Å². The lowest BCUT2D eigenvalue weighted by Crippen LogP contribution is -2.39. The third-order valence-electron chi connectivity index (χ3n) is 2.17. The Morgan fingerprint density at radius 1 is 1.12 bits per heavy atom. The molecule has 0 aliphatic carbocycles. The second-order valence-corrected chi connectivity index (χ2v) is 3.71. The summed E-state index contributed by atoms with van der Waals surface area (Å²) < 4.78 is 7.35. The van der Waals surface area contributed by atoms with E-state index in [0.29, 0.717) is 23.3 Å². The number of rotatable bonds is 3. The normalized spacial score (nSPS) is 10.1. The first-order chi connectivity index (χ1) is 7.77. The van der Waals surface area contributed by atoms with Crippen LogP contribution in [0.5, 0.6) is 5.75 Å². The summed E-state index contributed by atoms with van der Waals surface area (Å²) in [6.45, 7) is 0.344. The number of hydrogen-bond donors (Lipinski definition) is 1. The van der Waals surface area contributed by atoms with Crippen molar-refractivity contribution >= 4 is 17.4 Å². The molecule has 0 bridgehead atoms. The Kier molecular flexibility index (Phi) is 3.27. The fraction of sp³-hybridized carbons (Fsp3) is 0.0833. The molecule has 0 aliphatic rings. The number of para-hydroxylation sites is 1.